The van der Waals surface area contributed by atoms with E-state index in [9.17, 15) is 8.78 Å². The molecule has 2 heteroatoms. The maximum atomic E-state index is 12.3. The van der Waals surface area contributed by atoms with Crippen molar-refractivity contribution in [2.45, 2.75) is 0 Å². The molecule has 0 nitrogen and oxygen atoms in total. The van der Waals surface area contributed by atoms with Gasteiger partial charge in [-0.25, -0.2) is 0 Å². The van der Waals surface area contributed by atoms with Gasteiger partial charge in [0.2, 0.25) is 0 Å². The summed E-state index contributed by atoms with van der Waals surface area (Å²) >= 11 is 0. The van der Waals surface area contributed by atoms with E-state index in [1.54, 1.807) is 0 Å². The lowest BCUT2D eigenvalue weighted by molar-refractivity contribution is 0.575. The minimum atomic E-state index is -0.602. The maximum Gasteiger partial charge on any atom is 0.0184 e. The van der Waals surface area contributed by atoms with E-state index in [1.165, 1.54) is 18.2 Å². The van der Waals surface area contributed by atoms with Gasteiger partial charge in [-0.1, -0.05) is 18.2 Å². The molecule has 0 fully saturated rings. The van der Waals surface area contributed by atoms with Gasteiger partial charge >= 0.3 is 0 Å². The average Bonchev–Trinajstić information content (AvgIpc) is 1.83. The van der Waals surface area contributed by atoms with Crippen LogP contribution >= 0.6 is 0 Å². The molecule has 0 aromatic heterocycles. The van der Waals surface area contributed by atoms with Crippen molar-refractivity contribution in [3.8, 4) is 0 Å². The standard InChI is InChI=1S/C7H5F2/c1-5-6(8)3-2-4-7(5)9/h2-4H,1H2/q-1. The molecule has 0 bridgehead atoms. The zero-order valence-electron chi connectivity index (χ0n) is 4.70. The summed E-state index contributed by atoms with van der Waals surface area (Å²) < 4.78 is 24.6. The van der Waals surface area contributed by atoms with E-state index in [4.69, 9.17) is 0 Å². The lowest BCUT2D eigenvalue weighted by Crippen LogP contribution is -1.85. The number of halogens is 2. The first-order valence-electron chi connectivity index (χ1n) is 2.48. The molecule has 1 aromatic carbocycles. The first kappa shape index (κ1) is 6.08. The molecule has 0 aliphatic rings. The van der Waals surface area contributed by atoms with Crippen molar-refractivity contribution in [1.29, 1.82) is 0 Å². The van der Waals surface area contributed by atoms with Crippen LogP contribution in [0.5, 0.6) is 0 Å². The Labute approximate surface area is 52.1 Å². The molecule has 0 heterocycles. The molecule has 0 unspecified atom stereocenters. The summed E-state index contributed by atoms with van der Waals surface area (Å²) in [5.74, 6) is -1.20. The normalized spacial score (nSPS) is 9.56. The van der Waals surface area contributed by atoms with Crippen LogP contribution in [0.1, 0.15) is 5.56 Å². The van der Waals surface area contributed by atoms with Crippen LogP contribution in [0.3, 0.4) is 0 Å². The quantitative estimate of drug-likeness (QED) is 0.468. The average molecular weight is 127 g/mol. The van der Waals surface area contributed by atoms with Crippen LogP contribution in [0.2, 0.25) is 0 Å². The van der Waals surface area contributed by atoms with E-state index in [1.807, 2.05) is 0 Å². The first-order chi connectivity index (χ1) is 4.22. The Kier molecular flexibility index (Phi) is 1.39. The van der Waals surface area contributed by atoms with E-state index in [0.717, 1.165) is 0 Å². The Morgan fingerprint density at radius 3 is 1.89 bits per heavy atom. The smallest absolute Gasteiger partial charge is 0.0184 e. The predicted octanol–water partition coefficient (Wildman–Crippen LogP) is 2.15. The molecule has 1 aromatic rings. The highest BCUT2D eigenvalue weighted by molar-refractivity contribution is 5.21. The zero-order chi connectivity index (χ0) is 6.85. The van der Waals surface area contributed by atoms with Crippen molar-refractivity contribution in [3.63, 3.8) is 0 Å². The van der Waals surface area contributed by atoms with E-state index in [2.05, 4.69) is 6.92 Å². The lowest BCUT2D eigenvalue weighted by atomic mass is 10.2. The summed E-state index contributed by atoms with van der Waals surface area (Å²) in [4.78, 5) is 0. The highest BCUT2D eigenvalue weighted by Crippen LogP contribution is 2.08. The van der Waals surface area contributed by atoms with Crippen molar-refractivity contribution < 1.29 is 8.78 Å². The second kappa shape index (κ2) is 2.05. The number of hydrogen-bond donors (Lipinski definition) is 0. The van der Waals surface area contributed by atoms with Crippen LogP contribution in [-0.4, -0.2) is 0 Å². The third-order valence-electron chi connectivity index (χ3n) is 1.06. The van der Waals surface area contributed by atoms with E-state index in [0.29, 0.717) is 0 Å². The molecule has 0 saturated carbocycles. The van der Waals surface area contributed by atoms with Gasteiger partial charge in [-0.2, -0.15) is 6.92 Å². The third kappa shape index (κ3) is 1.02. The van der Waals surface area contributed by atoms with Gasteiger partial charge in [0, 0.05) is 11.6 Å². The fraction of sp³-hybridized carbons (Fsp3) is 0. The number of hydrogen-bond acceptors (Lipinski definition) is 0. The highest BCUT2D eigenvalue weighted by Gasteiger charge is 1.88. The van der Waals surface area contributed by atoms with Crippen LogP contribution in [0.25, 0.3) is 0 Å². The summed E-state index contributed by atoms with van der Waals surface area (Å²) in [5, 5.41) is 0. The summed E-state index contributed by atoms with van der Waals surface area (Å²) in [7, 11) is 0. The fourth-order valence-electron chi connectivity index (χ4n) is 0.532. The van der Waals surface area contributed by atoms with Crippen molar-refractivity contribution in [2.75, 3.05) is 0 Å². The molecule has 0 radical (unpaired) electrons. The molecule has 0 N–H and O–H groups in total. The summed E-state index contributed by atoms with van der Waals surface area (Å²) in [5.41, 5.74) is -0.169. The molecule has 0 saturated heterocycles. The second-order valence-electron chi connectivity index (χ2n) is 1.70. The Bertz CT molecular complexity index is 198. The monoisotopic (exact) mass is 127 g/mol. The van der Waals surface area contributed by atoms with Gasteiger partial charge in [-0.05, 0) is 0 Å². The Hall–Kier alpha value is -1.05. The van der Waals surface area contributed by atoms with Crippen LogP contribution in [0.15, 0.2) is 18.2 Å². The number of rotatable bonds is 0. The molecule has 0 amide bonds. The molecular formula is C7H5F2-. The predicted molar refractivity (Wildman–Crippen MR) is 30.8 cm³/mol. The van der Waals surface area contributed by atoms with E-state index < -0.39 is 11.6 Å². The van der Waals surface area contributed by atoms with Crippen molar-refractivity contribution >= 4 is 0 Å². The van der Waals surface area contributed by atoms with Gasteiger partial charge in [0.25, 0.3) is 0 Å². The topological polar surface area (TPSA) is 0 Å². The molecular weight excluding hydrogens is 122 g/mol. The SMILES string of the molecule is [CH2-]c1c(F)cccc1F. The largest absolute Gasteiger partial charge is 0.284 e. The van der Waals surface area contributed by atoms with Crippen LogP contribution in [0, 0.1) is 18.6 Å². The fourth-order valence-corrected chi connectivity index (χ4v) is 0.532. The van der Waals surface area contributed by atoms with Gasteiger partial charge in [-0.3, -0.25) is 8.78 Å². The van der Waals surface area contributed by atoms with Gasteiger partial charge in [-0.15, -0.1) is 5.56 Å². The van der Waals surface area contributed by atoms with Gasteiger partial charge < -0.3 is 0 Å². The molecule has 9 heavy (non-hydrogen) atoms. The zero-order valence-corrected chi connectivity index (χ0v) is 4.70. The first-order valence-corrected chi connectivity index (χ1v) is 2.48. The van der Waals surface area contributed by atoms with Crippen LogP contribution in [0.4, 0.5) is 8.78 Å². The number of benzene rings is 1. The minimum absolute atomic E-state index is 0.169. The molecule has 0 aliphatic carbocycles. The lowest BCUT2D eigenvalue weighted by Gasteiger charge is -2.04. The van der Waals surface area contributed by atoms with Gasteiger partial charge in [0.15, 0.2) is 0 Å². The molecule has 0 atom stereocenters. The van der Waals surface area contributed by atoms with Crippen molar-refractivity contribution in [1.82, 2.24) is 0 Å². The van der Waals surface area contributed by atoms with Crippen molar-refractivity contribution in [2.24, 2.45) is 0 Å². The molecule has 48 valence electrons. The Balaban J connectivity index is 3.25. The molecule has 0 aliphatic heterocycles. The van der Waals surface area contributed by atoms with Gasteiger partial charge in [0.05, 0.1) is 0 Å². The van der Waals surface area contributed by atoms with Crippen LogP contribution < -0.4 is 0 Å². The molecule has 1 rings (SSSR count). The highest BCUT2D eigenvalue weighted by atomic mass is 19.1. The van der Waals surface area contributed by atoms with Crippen molar-refractivity contribution in [3.05, 3.63) is 42.3 Å². The Morgan fingerprint density at radius 2 is 1.56 bits per heavy atom. The summed E-state index contributed by atoms with van der Waals surface area (Å²) in [6.45, 7) is 3.17. The van der Waals surface area contributed by atoms with Gasteiger partial charge in [0.1, 0.15) is 0 Å². The third-order valence-corrected chi connectivity index (χ3v) is 1.06. The van der Waals surface area contributed by atoms with E-state index >= 15 is 0 Å². The minimum Gasteiger partial charge on any atom is -0.284 e. The summed E-state index contributed by atoms with van der Waals surface area (Å²) in [6, 6.07) is 3.65. The maximum absolute atomic E-state index is 12.3. The molecule has 0 spiro atoms. The Morgan fingerprint density at radius 1 is 1.11 bits per heavy atom. The van der Waals surface area contributed by atoms with Crippen LogP contribution in [-0.2, 0) is 0 Å². The summed E-state index contributed by atoms with van der Waals surface area (Å²) in [6.07, 6.45) is 0. The van der Waals surface area contributed by atoms with E-state index in [-0.39, 0.29) is 5.56 Å². The second-order valence-corrected chi connectivity index (χ2v) is 1.70.